The molecule has 0 atom stereocenters. The highest BCUT2D eigenvalue weighted by atomic mass is 19.4. The molecule has 0 radical (unpaired) electrons. The van der Waals surface area contributed by atoms with E-state index in [1.807, 2.05) is 0 Å². The number of carbonyl (C=O) groups excluding carboxylic acids is 3. The van der Waals surface area contributed by atoms with Gasteiger partial charge in [0.2, 0.25) is 0 Å². The van der Waals surface area contributed by atoms with Crippen LogP contribution >= 0.6 is 0 Å². The van der Waals surface area contributed by atoms with Crippen LogP contribution in [0.4, 0.5) is 18.0 Å². The Morgan fingerprint density at radius 1 is 1.09 bits per heavy atom. The maximum atomic E-state index is 12.0. The predicted octanol–water partition coefficient (Wildman–Crippen LogP) is 2.01. The minimum absolute atomic E-state index is 0.0608. The number of nitrogens with one attached hydrogen (secondary N) is 1. The lowest BCUT2D eigenvalue weighted by Crippen LogP contribution is -2.34. The van der Waals surface area contributed by atoms with Crippen molar-refractivity contribution in [1.29, 1.82) is 0 Å². The predicted molar refractivity (Wildman–Crippen MR) is 68.6 cm³/mol. The zero-order chi connectivity index (χ0) is 17.5. The molecule has 1 aromatic rings. The molecule has 1 rings (SSSR count). The van der Waals surface area contributed by atoms with Crippen molar-refractivity contribution in [3.63, 3.8) is 0 Å². The number of carbonyl (C=O) groups is 3. The van der Waals surface area contributed by atoms with Gasteiger partial charge >= 0.3 is 18.4 Å². The normalized spacial score (nSPS) is 10.6. The maximum absolute atomic E-state index is 12.0. The minimum Gasteiger partial charge on any atom is -0.452 e. The third-order valence-corrected chi connectivity index (χ3v) is 2.17. The van der Waals surface area contributed by atoms with Crippen LogP contribution < -0.4 is 10.1 Å². The van der Waals surface area contributed by atoms with Crippen molar-refractivity contribution in [2.75, 3.05) is 13.2 Å². The first-order chi connectivity index (χ1) is 10.7. The van der Waals surface area contributed by atoms with Gasteiger partial charge in [-0.05, 0) is 31.2 Å². The number of esters is 1. The molecular formula is C13H12F3NO6. The first kappa shape index (κ1) is 18.3. The quantitative estimate of drug-likeness (QED) is 0.828. The maximum Gasteiger partial charge on any atom is 0.573 e. The number of alkyl carbamates (subject to hydrolysis) is 1. The third-order valence-electron chi connectivity index (χ3n) is 2.17. The molecule has 0 aliphatic rings. The number of benzene rings is 1. The largest absolute Gasteiger partial charge is 0.573 e. The molecule has 0 saturated carbocycles. The Morgan fingerprint density at radius 2 is 1.70 bits per heavy atom. The van der Waals surface area contributed by atoms with Crippen molar-refractivity contribution >= 4 is 18.0 Å². The number of imide groups is 1. The Balaban J connectivity index is 2.49. The summed E-state index contributed by atoms with van der Waals surface area (Å²) in [5, 5.41) is 1.80. The van der Waals surface area contributed by atoms with E-state index in [-0.39, 0.29) is 12.2 Å². The van der Waals surface area contributed by atoms with Crippen molar-refractivity contribution in [2.24, 2.45) is 0 Å². The van der Waals surface area contributed by atoms with Crippen LogP contribution in [-0.4, -0.2) is 37.5 Å². The number of alkyl halides is 3. The van der Waals surface area contributed by atoms with E-state index in [4.69, 9.17) is 0 Å². The molecule has 0 aromatic heterocycles. The van der Waals surface area contributed by atoms with E-state index in [0.29, 0.717) is 0 Å². The second-order valence-electron chi connectivity index (χ2n) is 3.92. The van der Waals surface area contributed by atoms with Gasteiger partial charge in [0.1, 0.15) is 5.75 Å². The number of halogens is 3. The van der Waals surface area contributed by atoms with Gasteiger partial charge in [-0.25, -0.2) is 9.59 Å². The summed E-state index contributed by atoms with van der Waals surface area (Å²) in [6.45, 7) is 0.847. The average molecular weight is 335 g/mol. The summed E-state index contributed by atoms with van der Waals surface area (Å²) >= 11 is 0. The zero-order valence-electron chi connectivity index (χ0n) is 11.8. The molecular weight excluding hydrogens is 323 g/mol. The zero-order valence-corrected chi connectivity index (χ0v) is 11.8. The molecule has 0 unspecified atom stereocenters. The van der Waals surface area contributed by atoms with E-state index in [9.17, 15) is 27.6 Å². The van der Waals surface area contributed by atoms with Crippen LogP contribution in [0, 0.1) is 0 Å². The molecule has 0 saturated heterocycles. The fourth-order valence-corrected chi connectivity index (χ4v) is 1.32. The number of rotatable bonds is 5. The Morgan fingerprint density at radius 3 is 2.22 bits per heavy atom. The minimum atomic E-state index is -4.84. The average Bonchev–Trinajstić information content (AvgIpc) is 2.44. The van der Waals surface area contributed by atoms with E-state index in [0.717, 1.165) is 24.3 Å². The van der Waals surface area contributed by atoms with E-state index in [1.165, 1.54) is 6.92 Å². The van der Waals surface area contributed by atoms with Gasteiger partial charge in [0.05, 0.1) is 12.2 Å². The van der Waals surface area contributed by atoms with Crippen LogP contribution in [0.1, 0.15) is 17.3 Å². The molecule has 0 bridgehead atoms. The summed E-state index contributed by atoms with van der Waals surface area (Å²) in [7, 11) is 0. The van der Waals surface area contributed by atoms with Gasteiger partial charge in [0.25, 0.3) is 5.91 Å². The van der Waals surface area contributed by atoms with Gasteiger partial charge in [-0.15, -0.1) is 13.2 Å². The Hall–Kier alpha value is -2.78. The highest BCUT2D eigenvalue weighted by Gasteiger charge is 2.31. The second kappa shape index (κ2) is 8.01. The fourth-order valence-electron chi connectivity index (χ4n) is 1.32. The molecule has 0 fully saturated rings. The van der Waals surface area contributed by atoms with Gasteiger partial charge in [-0.3, -0.25) is 10.1 Å². The molecule has 23 heavy (non-hydrogen) atoms. The Bertz CT molecular complexity index is 570. The third kappa shape index (κ3) is 7.16. The van der Waals surface area contributed by atoms with Gasteiger partial charge < -0.3 is 14.2 Å². The van der Waals surface area contributed by atoms with Gasteiger partial charge in [0.15, 0.2) is 6.61 Å². The van der Waals surface area contributed by atoms with Crippen LogP contribution in [0.2, 0.25) is 0 Å². The lowest BCUT2D eigenvalue weighted by molar-refractivity contribution is -0.274. The molecule has 1 aromatic carbocycles. The molecule has 10 heteroatoms. The number of ether oxygens (including phenoxy) is 3. The second-order valence-corrected chi connectivity index (χ2v) is 3.92. The summed E-state index contributed by atoms with van der Waals surface area (Å²) in [4.78, 5) is 33.7. The molecule has 1 N–H and O–H groups in total. The Kier molecular flexibility index (Phi) is 6.36. The van der Waals surface area contributed by atoms with Crippen LogP contribution in [0.15, 0.2) is 24.3 Å². The lowest BCUT2D eigenvalue weighted by Gasteiger charge is -2.09. The molecule has 126 valence electrons. The summed E-state index contributed by atoms with van der Waals surface area (Å²) in [6.07, 6.45) is -5.82. The fraction of sp³-hybridized carbons (Fsp3) is 0.308. The monoisotopic (exact) mass is 335 g/mol. The number of amides is 2. The standard InChI is InChI=1S/C13H12F3NO6/c1-2-21-12(20)17-10(18)7-22-11(19)8-3-5-9(6-4-8)23-13(14,15)16/h3-6H,2,7H2,1H3,(H,17,18,20). The highest BCUT2D eigenvalue weighted by molar-refractivity contribution is 5.95. The first-order valence-electron chi connectivity index (χ1n) is 6.21. The van der Waals surface area contributed by atoms with Gasteiger partial charge in [0, 0.05) is 0 Å². The van der Waals surface area contributed by atoms with Crippen molar-refractivity contribution < 1.29 is 41.8 Å². The van der Waals surface area contributed by atoms with Crippen LogP contribution in [0.3, 0.4) is 0 Å². The topological polar surface area (TPSA) is 90.9 Å². The van der Waals surface area contributed by atoms with Crippen molar-refractivity contribution in [3.05, 3.63) is 29.8 Å². The lowest BCUT2D eigenvalue weighted by atomic mass is 10.2. The SMILES string of the molecule is CCOC(=O)NC(=O)COC(=O)c1ccc(OC(F)(F)F)cc1. The van der Waals surface area contributed by atoms with Gasteiger partial charge in [-0.1, -0.05) is 0 Å². The van der Waals surface area contributed by atoms with E-state index in [2.05, 4.69) is 14.2 Å². The summed E-state index contributed by atoms with van der Waals surface area (Å²) in [6, 6.07) is 3.91. The molecule has 7 nitrogen and oxygen atoms in total. The van der Waals surface area contributed by atoms with Crippen molar-refractivity contribution in [3.8, 4) is 5.75 Å². The molecule has 2 amide bonds. The molecule has 0 aliphatic heterocycles. The Labute approximate surface area is 128 Å². The smallest absolute Gasteiger partial charge is 0.452 e. The summed E-state index contributed by atoms with van der Waals surface area (Å²) in [5.41, 5.74) is -0.0940. The molecule has 0 heterocycles. The first-order valence-corrected chi connectivity index (χ1v) is 6.21. The van der Waals surface area contributed by atoms with Crippen molar-refractivity contribution in [2.45, 2.75) is 13.3 Å². The summed E-state index contributed by atoms with van der Waals surface area (Å²) < 4.78 is 48.6. The van der Waals surface area contributed by atoms with Crippen LogP contribution in [0.5, 0.6) is 5.75 Å². The highest BCUT2D eigenvalue weighted by Crippen LogP contribution is 2.22. The van der Waals surface area contributed by atoms with Crippen molar-refractivity contribution in [1.82, 2.24) is 5.32 Å². The van der Waals surface area contributed by atoms with E-state index in [1.54, 1.807) is 5.32 Å². The van der Waals surface area contributed by atoms with E-state index < -0.39 is 36.7 Å². The number of hydrogen-bond donors (Lipinski definition) is 1. The summed E-state index contributed by atoms with van der Waals surface area (Å²) in [5.74, 6) is -2.37. The molecule has 0 aliphatic carbocycles. The number of hydrogen-bond acceptors (Lipinski definition) is 6. The van der Waals surface area contributed by atoms with Crippen LogP contribution in [0.25, 0.3) is 0 Å². The molecule has 0 spiro atoms. The van der Waals surface area contributed by atoms with E-state index >= 15 is 0 Å². The van der Waals surface area contributed by atoms with Gasteiger partial charge in [-0.2, -0.15) is 0 Å². The van der Waals surface area contributed by atoms with Crippen LogP contribution in [-0.2, 0) is 14.3 Å².